The van der Waals surface area contributed by atoms with Gasteiger partial charge in [-0.15, -0.1) is 0 Å². The minimum atomic E-state index is -0.0594. The van der Waals surface area contributed by atoms with E-state index in [-0.39, 0.29) is 11.9 Å². The summed E-state index contributed by atoms with van der Waals surface area (Å²) in [6.07, 6.45) is 4.45. The van der Waals surface area contributed by atoms with Gasteiger partial charge in [-0.05, 0) is 32.9 Å². The second kappa shape index (κ2) is 6.47. The zero-order chi connectivity index (χ0) is 14.5. The number of fused-ring (bicyclic) bond motifs is 1. The lowest BCUT2D eigenvalue weighted by Crippen LogP contribution is -2.28. The first-order valence-corrected chi connectivity index (χ1v) is 6.95. The molecule has 0 spiro atoms. The topological polar surface area (TPSA) is 71.8 Å². The zero-order valence-electron chi connectivity index (χ0n) is 12.2. The van der Waals surface area contributed by atoms with E-state index in [1.54, 1.807) is 12.4 Å². The molecule has 0 aliphatic heterocycles. The first-order valence-electron chi connectivity index (χ1n) is 6.95. The molecular weight excluding hydrogens is 254 g/mol. The Labute approximate surface area is 118 Å². The summed E-state index contributed by atoms with van der Waals surface area (Å²) < 4.78 is 1.86. The summed E-state index contributed by atoms with van der Waals surface area (Å²) in [5, 5.41) is 11.1. The number of pyridine rings is 1. The maximum Gasteiger partial charge on any atom is 0.238 e. The van der Waals surface area contributed by atoms with Crippen molar-refractivity contribution < 1.29 is 4.79 Å². The molecule has 0 unspecified atom stereocenters. The first-order chi connectivity index (χ1) is 9.61. The fourth-order valence-corrected chi connectivity index (χ4v) is 1.97. The maximum atomic E-state index is 11.7. The van der Waals surface area contributed by atoms with Gasteiger partial charge in [-0.1, -0.05) is 6.92 Å². The van der Waals surface area contributed by atoms with Crippen molar-refractivity contribution in [2.75, 3.05) is 18.4 Å². The molecule has 0 radical (unpaired) electrons. The number of anilines is 1. The highest BCUT2D eigenvalue weighted by molar-refractivity contribution is 5.93. The summed E-state index contributed by atoms with van der Waals surface area (Å²) in [4.78, 5) is 16.1. The van der Waals surface area contributed by atoms with E-state index in [1.807, 2.05) is 10.7 Å². The van der Waals surface area contributed by atoms with Crippen LogP contribution in [0.4, 0.5) is 5.69 Å². The summed E-state index contributed by atoms with van der Waals surface area (Å²) in [5.41, 5.74) is 1.53. The van der Waals surface area contributed by atoms with E-state index in [1.165, 1.54) is 0 Å². The van der Waals surface area contributed by atoms with Crippen LogP contribution in [0.25, 0.3) is 11.0 Å². The lowest BCUT2D eigenvalue weighted by Gasteiger charge is -2.08. The lowest BCUT2D eigenvalue weighted by molar-refractivity contribution is -0.115. The molecule has 0 aliphatic rings. The summed E-state index contributed by atoms with van der Waals surface area (Å²) in [6.45, 7) is 7.34. The van der Waals surface area contributed by atoms with Gasteiger partial charge in [0.2, 0.25) is 5.91 Å². The molecule has 2 aromatic rings. The third-order valence-corrected chi connectivity index (χ3v) is 2.92. The van der Waals surface area contributed by atoms with Crippen LogP contribution >= 0.6 is 0 Å². The molecule has 20 heavy (non-hydrogen) atoms. The van der Waals surface area contributed by atoms with Crippen molar-refractivity contribution in [3.8, 4) is 0 Å². The van der Waals surface area contributed by atoms with Gasteiger partial charge in [0.1, 0.15) is 0 Å². The van der Waals surface area contributed by atoms with Gasteiger partial charge >= 0.3 is 0 Å². The number of carbonyl (C=O) groups excluding carboxylic acids is 1. The molecule has 2 N–H and O–H groups in total. The van der Waals surface area contributed by atoms with Crippen molar-refractivity contribution >= 4 is 22.6 Å². The van der Waals surface area contributed by atoms with E-state index < -0.39 is 0 Å². The van der Waals surface area contributed by atoms with E-state index in [0.717, 1.165) is 24.0 Å². The largest absolute Gasteiger partial charge is 0.324 e. The lowest BCUT2D eigenvalue weighted by atomic mass is 10.3. The summed E-state index contributed by atoms with van der Waals surface area (Å²) in [6, 6.07) is 2.16. The van der Waals surface area contributed by atoms with Gasteiger partial charge in [0, 0.05) is 11.4 Å². The average molecular weight is 275 g/mol. The quantitative estimate of drug-likeness (QED) is 0.790. The Morgan fingerprint density at radius 3 is 2.90 bits per heavy atom. The second-order valence-electron chi connectivity index (χ2n) is 5.04. The van der Waals surface area contributed by atoms with E-state index in [9.17, 15) is 4.79 Å². The van der Waals surface area contributed by atoms with Crippen molar-refractivity contribution in [2.24, 2.45) is 0 Å². The van der Waals surface area contributed by atoms with Crippen molar-refractivity contribution in [1.29, 1.82) is 0 Å². The molecule has 0 aromatic carbocycles. The monoisotopic (exact) mass is 275 g/mol. The van der Waals surface area contributed by atoms with Gasteiger partial charge in [-0.3, -0.25) is 4.79 Å². The summed E-state index contributed by atoms with van der Waals surface area (Å²) >= 11 is 0. The standard InChI is InChI=1S/C14H21N5O/c1-4-5-15-9-13(20)18-12-6-11-7-17-19(10(2)3)14(11)16-8-12/h6-8,10,15H,4-5,9H2,1-3H3,(H,18,20). The normalized spacial score (nSPS) is 11.2. The molecule has 6 nitrogen and oxygen atoms in total. The fourth-order valence-electron chi connectivity index (χ4n) is 1.97. The molecule has 108 valence electrons. The van der Waals surface area contributed by atoms with Gasteiger partial charge in [-0.25, -0.2) is 9.67 Å². The number of hydrogen-bond donors (Lipinski definition) is 2. The van der Waals surface area contributed by atoms with E-state index in [4.69, 9.17) is 0 Å². The maximum absolute atomic E-state index is 11.7. The van der Waals surface area contributed by atoms with Crippen LogP contribution in [-0.2, 0) is 4.79 Å². The van der Waals surface area contributed by atoms with Gasteiger partial charge in [0.05, 0.1) is 24.6 Å². The Morgan fingerprint density at radius 2 is 2.20 bits per heavy atom. The molecule has 0 saturated carbocycles. The van der Waals surface area contributed by atoms with Crippen LogP contribution in [0.15, 0.2) is 18.5 Å². The van der Waals surface area contributed by atoms with Gasteiger partial charge in [0.25, 0.3) is 0 Å². The van der Waals surface area contributed by atoms with Crippen LogP contribution < -0.4 is 10.6 Å². The number of nitrogens with zero attached hydrogens (tertiary/aromatic N) is 3. The molecule has 2 rings (SSSR count). The number of hydrogen-bond acceptors (Lipinski definition) is 4. The molecule has 0 atom stereocenters. The third kappa shape index (κ3) is 3.33. The SMILES string of the molecule is CCCNCC(=O)Nc1cnc2c(cnn2C(C)C)c1. The van der Waals surface area contributed by atoms with Crippen LogP contribution in [-0.4, -0.2) is 33.8 Å². The van der Waals surface area contributed by atoms with Crippen LogP contribution in [0, 0.1) is 0 Å². The highest BCUT2D eigenvalue weighted by atomic mass is 16.1. The molecular formula is C14H21N5O. The molecule has 0 fully saturated rings. The molecule has 1 amide bonds. The predicted molar refractivity (Wildman–Crippen MR) is 79.7 cm³/mol. The summed E-state index contributed by atoms with van der Waals surface area (Å²) in [5.74, 6) is -0.0594. The highest BCUT2D eigenvalue weighted by Gasteiger charge is 2.09. The predicted octanol–water partition coefficient (Wildman–Crippen LogP) is 1.95. The summed E-state index contributed by atoms with van der Waals surface area (Å²) in [7, 11) is 0. The third-order valence-electron chi connectivity index (χ3n) is 2.92. The smallest absolute Gasteiger partial charge is 0.238 e. The molecule has 0 aliphatic carbocycles. The second-order valence-corrected chi connectivity index (χ2v) is 5.04. The Kier molecular flexibility index (Phi) is 4.68. The van der Waals surface area contributed by atoms with Crippen molar-refractivity contribution in [2.45, 2.75) is 33.2 Å². The van der Waals surface area contributed by atoms with E-state index in [0.29, 0.717) is 12.2 Å². The first kappa shape index (κ1) is 14.5. The molecule has 2 aromatic heterocycles. The minimum Gasteiger partial charge on any atom is -0.324 e. The number of rotatable bonds is 6. The Balaban J connectivity index is 2.07. The van der Waals surface area contributed by atoms with Crippen LogP contribution in [0.1, 0.15) is 33.2 Å². The number of carbonyl (C=O) groups is 1. The van der Waals surface area contributed by atoms with Gasteiger partial charge in [-0.2, -0.15) is 5.10 Å². The van der Waals surface area contributed by atoms with Crippen molar-refractivity contribution in [3.63, 3.8) is 0 Å². The van der Waals surface area contributed by atoms with E-state index >= 15 is 0 Å². The number of aromatic nitrogens is 3. The molecule has 6 heteroatoms. The van der Waals surface area contributed by atoms with Crippen LogP contribution in [0.5, 0.6) is 0 Å². The average Bonchev–Trinajstić information content (AvgIpc) is 2.82. The van der Waals surface area contributed by atoms with Crippen LogP contribution in [0.3, 0.4) is 0 Å². The van der Waals surface area contributed by atoms with Crippen molar-refractivity contribution in [1.82, 2.24) is 20.1 Å². The Hall–Kier alpha value is -1.95. The Morgan fingerprint density at radius 1 is 1.40 bits per heavy atom. The van der Waals surface area contributed by atoms with Crippen LogP contribution in [0.2, 0.25) is 0 Å². The molecule has 2 heterocycles. The molecule has 0 saturated heterocycles. The fraction of sp³-hybridized carbons (Fsp3) is 0.500. The molecule has 0 bridgehead atoms. The number of amides is 1. The highest BCUT2D eigenvalue weighted by Crippen LogP contribution is 2.18. The van der Waals surface area contributed by atoms with Crippen molar-refractivity contribution in [3.05, 3.63) is 18.5 Å². The van der Waals surface area contributed by atoms with Gasteiger partial charge < -0.3 is 10.6 Å². The van der Waals surface area contributed by atoms with E-state index in [2.05, 4.69) is 41.5 Å². The minimum absolute atomic E-state index is 0.0594. The van der Waals surface area contributed by atoms with Gasteiger partial charge in [0.15, 0.2) is 5.65 Å². The zero-order valence-corrected chi connectivity index (χ0v) is 12.2. The Bertz CT molecular complexity index is 590. The number of nitrogens with one attached hydrogen (secondary N) is 2.